The maximum Gasteiger partial charge on any atom is 0.315 e. The fourth-order valence-corrected chi connectivity index (χ4v) is 10.0. The van der Waals surface area contributed by atoms with Crippen molar-refractivity contribution in [3.63, 3.8) is 0 Å². The quantitative estimate of drug-likeness (QED) is 0.192. The maximum atomic E-state index is 14.8. The minimum absolute atomic E-state index is 0.0844. The third kappa shape index (κ3) is 10.6. The van der Waals surface area contributed by atoms with Crippen LogP contribution in [-0.4, -0.2) is 89.7 Å². The molecule has 5 N–H and O–H groups in total. The van der Waals surface area contributed by atoms with E-state index in [4.69, 9.17) is 10.5 Å². The fourth-order valence-electron chi connectivity index (χ4n) is 8.49. The van der Waals surface area contributed by atoms with Gasteiger partial charge in [0.15, 0.2) is 9.84 Å². The molecule has 0 spiro atoms. The molecule has 1 aromatic carbocycles. The number of rotatable bonds is 15. The van der Waals surface area contributed by atoms with E-state index in [2.05, 4.69) is 16.0 Å². The lowest BCUT2D eigenvalue weighted by atomic mass is 9.80. The van der Waals surface area contributed by atoms with E-state index in [-0.39, 0.29) is 37.2 Å². The Hall–Kier alpha value is -3.52. The third-order valence-electron chi connectivity index (χ3n) is 12.1. The second-order valence-corrected chi connectivity index (χ2v) is 19.9. The number of sulfone groups is 1. The minimum Gasteiger partial charge on any atom is -0.372 e. The molecule has 5 rings (SSSR count). The number of nitrogens with one attached hydrogen (secondary N) is 3. The number of Topliss-reactive ketones (excluding diaryl/α,β-unsaturated/α-hetero) is 1. The highest BCUT2D eigenvalue weighted by Gasteiger charge is 2.47. The normalized spacial score (nSPS) is 23.4. The van der Waals surface area contributed by atoms with Crippen LogP contribution in [0.15, 0.2) is 30.3 Å². The SMILES string of the molecule is CC(C)(C)S(=O)(=O)CC1(NC(=O)N[C@H](C(=O)N2C[C@H](OCc3ccccc3)C[C@H]2C(=O)NC(CC2CCC2)C(=O)C(N)=O)C2CCCCC2)CCCCC1. The molecular formula is C40H61N5O8S. The molecule has 4 fully saturated rings. The molecule has 0 aromatic heterocycles. The molecule has 0 radical (unpaired) electrons. The molecule has 3 aliphatic carbocycles. The predicted octanol–water partition coefficient (Wildman–Crippen LogP) is 4.07. The zero-order chi connectivity index (χ0) is 39.1. The number of ether oxygens (including phenoxy) is 1. The summed E-state index contributed by atoms with van der Waals surface area (Å²) in [6, 6.07) is 5.85. The van der Waals surface area contributed by atoms with Gasteiger partial charge in [0.25, 0.3) is 5.91 Å². The van der Waals surface area contributed by atoms with E-state index in [1.165, 1.54) is 4.90 Å². The number of nitrogens with two attached hydrogens (primary N) is 1. The van der Waals surface area contributed by atoms with Crippen LogP contribution in [0.4, 0.5) is 4.79 Å². The average molecular weight is 772 g/mol. The van der Waals surface area contributed by atoms with E-state index in [1.54, 1.807) is 20.8 Å². The Balaban J connectivity index is 1.39. The second kappa shape index (κ2) is 18.0. The largest absolute Gasteiger partial charge is 0.372 e. The van der Waals surface area contributed by atoms with Gasteiger partial charge in [-0.05, 0) is 70.3 Å². The van der Waals surface area contributed by atoms with E-state index in [9.17, 15) is 32.4 Å². The van der Waals surface area contributed by atoms with Crippen molar-refractivity contribution in [2.75, 3.05) is 12.3 Å². The maximum absolute atomic E-state index is 14.8. The predicted molar refractivity (Wildman–Crippen MR) is 205 cm³/mol. The van der Waals surface area contributed by atoms with Gasteiger partial charge in [0.05, 0.1) is 34.8 Å². The number of nitrogens with zero attached hydrogens (tertiary/aromatic N) is 1. The summed E-state index contributed by atoms with van der Waals surface area (Å²) in [6.07, 6.45) is 10.4. The number of benzene rings is 1. The van der Waals surface area contributed by atoms with Crippen LogP contribution in [0.5, 0.6) is 0 Å². The standard InChI is InChI=1S/C40H61N5O8S/c1-39(2,3)54(51,52)26-40(20-11-6-12-21-40)44-38(50)43-33(29-18-9-5-10-19-29)37(49)45-24-30(53-25-28-14-7-4-8-15-28)23-32(45)36(48)42-31(34(46)35(41)47)22-27-16-13-17-27/h4,7-8,14-15,27,29-33H,5-6,9-13,16-26H2,1-3H3,(H2,41,47)(H,42,48)(H2,43,44,50)/t30-,31?,32+,33+/m1/s1. The van der Waals surface area contributed by atoms with E-state index in [0.29, 0.717) is 32.1 Å². The Morgan fingerprint density at radius 1 is 0.907 bits per heavy atom. The van der Waals surface area contributed by atoms with E-state index >= 15 is 0 Å². The molecule has 13 nitrogen and oxygen atoms in total. The van der Waals surface area contributed by atoms with Crippen LogP contribution in [0, 0.1) is 11.8 Å². The van der Waals surface area contributed by atoms with Crippen molar-refractivity contribution in [3.8, 4) is 0 Å². The zero-order valence-electron chi connectivity index (χ0n) is 32.3. The number of primary amides is 1. The summed E-state index contributed by atoms with van der Waals surface area (Å²) in [6.45, 7) is 5.33. The number of carbonyl (C=O) groups excluding carboxylic acids is 5. The molecule has 4 aliphatic rings. The Labute approximate surface area is 320 Å². The smallest absolute Gasteiger partial charge is 0.315 e. The van der Waals surface area contributed by atoms with Crippen LogP contribution in [0.3, 0.4) is 0 Å². The molecule has 54 heavy (non-hydrogen) atoms. The molecule has 5 amide bonds. The third-order valence-corrected chi connectivity index (χ3v) is 14.9. The van der Waals surface area contributed by atoms with Gasteiger partial charge in [-0.3, -0.25) is 19.2 Å². The molecule has 300 valence electrons. The molecule has 1 aliphatic heterocycles. The van der Waals surface area contributed by atoms with Crippen LogP contribution in [0.25, 0.3) is 0 Å². The number of ketones is 1. The number of amides is 5. The van der Waals surface area contributed by atoms with Gasteiger partial charge in [-0.15, -0.1) is 0 Å². The number of likely N-dealkylation sites (tertiary alicyclic amines) is 1. The molecule has 1 aromatic rings. The number of hydrogen-bond donors (Lipinski definition) is 4. The van der Waals surface area contributed by atoms with Crippen LogP contribution in [0.1, 0.15) is 123 Å². The van der Waals surface area contributed by atoms with Crippen molar-refractivity contribution in [3.05, 3.63) is 35.9 Å². The number of hydrogen-bond acceptors (Lipinski definition) is 8. The summed E-state index contributed by atoms with van der Waals surface area (Å²) < 4.78 is 32.1. The van der Waals surface area contributed by atoms with Crippen LogP contribution in [0.2, 0.25) is 0 Å². The fraction of sp³-hybridized carbons (Fsp3) is 0.725. The molecule has 1 saturated heterocycles. The monoisotopic (exact) mass is 771 g/mol. The molecule has 1 unspecified atom stereocenters. The van der Waals surface area contributed by atoms with E-state index in [0.717, 1.165) is 63.4 Å². The van der Waals surface area contributed by atoms with Gasteiger partial charge < -0.3 is 31.3 Å². The van der Waals surface area contributed by atoms with Crippen LogP contribution >= 0.6 is 0 Å². The topological polar surface area (TPSA) is 194 Å². The Bertz CT molecular complexity index is 1600. The Kier molecular flexibility index (Phi) is 13.8. The summed E-state index contributed by atoms with van der Waals surface area (Å²) in [4.78, 5) is 69.3. The first-order valence-corrected chi connectivity index (χ1v) is 21.6. The van der Waals surface area contributed by atoms with Crippen molar-refractivity contribution in [2.24, 2.45) is 17.6 Å². The lowest BCUT2D eigenvalue weighted by Crippen LogP contribution is -2.62. The first-order valence-electron chi connectivity index (χ1n) is 20.0. The van der Waals surface area contributed by atoms with Crippen molar-refractivity contribution >= 4 is 39.4 Å². The van der Waals surface area contributed by atoms with Crippen LogP contribution in [-0.2, 0) is 40.4 Å². The summed E-state index contributed by atoms with van der Waals surface area (Å²) in [5, 5.41) is 8.81. The second-order valence-electron chi connectivity index (χ2n) is 17.2. The van der Waals surface area contributed by atoms with E-state index < -0.39 is 73.9 Å². The summed E-state index contributed by atoms with van der Waals surface area (Å²) in [7, 11) is -3.58. The highest BCUT2D eigenvalue weighted by atomic mass is 32.2. The molecule has 4 atom stereocenters. The Morgan fingerprint density at radius 3 is 2.15 bits per heavy atom. The minimum atomic E-state index is -3.58. The first kappa shape index (κ1) is 41.6. The van der Waals surface area contributed by atoms with E-state index in [1.807, 2.05) is 30.3 Å². The molecule has 14 heteroatoms. The van der Waals surface area contributed by atoms with Gasteiger partial charge >= 0.3 is 6.03 Å². The molecular weight excluding hydrogens is 711 g/mol. The summed E-state index contributed by atoms with van der Waals surface area (Å²) in [5.74, 6) is -3.21. The van der Waals surface area contributed by atoms with Crippen molar-refractivity contribution in [1.29, 1.82) is 0 Å². The Morgan fingerprint density at radius 2 is 1.56 bits per heavy atom. The average Bonchev–Trinajstić information content (AvgIpc) is 3.55. The van der Waals surface area contributed by atoms with Gasteiger partial charge in [0, 0.05) is 13.0 Å². The highest BCUT2D eigenvalue weighted by molar-refractivity contribution is 7.92. The lowest BCUT2D eigenvalue weighted by molar-refractivity contribution is -0.143. The first-order chi connectivity index (χ1) is 25.6. The van der Waals surface area contributed by atoms with Crippen molar-refractivity contribution in [2.45, 2.75) is 158 Å². The number of urea groups is 1. The zero-order valence-corrected chi connectivity index (χ0v) is 33.1. The van der Waals surface area contributed by atoms with Gasteiger partial charge in [-0.25, -0.2) is 13.2 Å². The van der Waals surface area contributed by atoms with Gasteiger partial charge in [-0.1, -0.05) is 88.1 Å². The van der Waals surface area contributed by atoms with Gasteiger partial charge in [-0.2, -0.15) is 0 Å². The molecule has 1 heterocycles. The van der Waals surface area contributed by atoms with Crippen molar-refractivity contribution in [1.82, 2.24) is 20.9 Å². The van der Waals surface area contributed by atoms with Gasteiger partial charge in [0.1, 0.15) is 12.1 Å². The molecule has 3 saturated carbocycles. The summed E-state index contributed by atoms with van der Waals surface area (Å²) in [5.41, 5.74) is 5.35. The van der Waals surface area contributed by atoms with Crippen LogP contribution < -0.4 is 21.7 Å². The molecule has 0 bridgehead atoms. The lowest BCUT2D eigenvalue weighted by Gasteiger charge is -2.40. The van der Waals surface area contributed by atoms with Gasteiger partial charge in [0.2, 0.25) is 17.6 Å². The van der Waals surface area contributed by atoms with Crippen molar-refractivity contribution < 1.29 is 37.1 Å². The summed E-state index contributed by atoms with van der Waals surface area (Å²) >= 11 is 0. The number of carbonyl (C=O) groups is 5. The highest BCUT2D eigenvalue weighted by Crippen LogP contribution is 2.34.